The molecule has 2 aliphatic rings. The maximum Gasteiger partial charge on any atom is 0.317 e. The molecule has 1 saturated carbocycles. The summed E-state index contributed by atoms with van der Waals surface area (Å²) in [5.41, 5.74) is 0. The molecule has 2 fully saturated rings. The number of ether oxygens (including phenoxy) is 1. The van der Waals surface area contributed by atoms with Crippen LogP contribution < -0.4 is 5.32 Å². The second-order valence-electron chi connectivity index (χ2n) is 6.68. The highest BCUT2D eigenvalue weighted by Gasteiger charge is 2.31. The van der Waals surface area contributed by atoms with Crippen molar-refractivity contribution in [2.24, 2.45) is 5.92 Å². The number of hydrogen-bond acceptors (Lipinski definition) is 4. The van der Waals surface area contributed by atoms with Gasteiger partial charge in [0.1, 0.15) is 0 Å². The van der Waals surface area contributed by atoms with E-state index in [1.165, 1.54) is 12.8 Å². The monoisotopic (exact) mass is 327 g/mol. The van der Waals surface area contributed by atoms with Crippen LogP contribution in [0.25, 0.3) is 0 Å². The van der Waals surface area contributed by atoms with Crippen molar-refractivity contribution in [1.29, 1.82) is 0 Å². The number of nitrogens with one attached hydrogen (secondary N) is 1. The van der Waals surface area contributed by atoms with E-state index in [1.807, 2.05) is 0 Å². The van der Waals surface area contributed by atoms with Crippen LogP contribution in [0.15, 0.2) is 0 Å². The Morgan fingerprint density at radius 3 is 2.87 bits per heavy atom. The molecule has 1 aliphatic carbocycles. The van der Waals surface area contributed by atoms with Crippen molar-refractivity contribution in [1.82, 2.24) is 15.1 Å². The number of nitrogens with zero attached hydrogens (tertiary/aromatic N) is 2. The van der Waals surface area contributed by atoms with Gasteiger partial charge in [0.15, 0.2) is 0 Å². The van der Waals surface area contributed by atoms with Gasteiger partial charge in [-0.05, 0) is 25.8 Å². The molecule has 7 nitrogen and oxygen atoms in total. The zero-order valence-corrected chi connectivity index (χ0v) is 14.2. The lowest BCUT2D eigenvalue weighted by molar-refractivity contribution is -0.138. The Hall–Kier alpha value is -1.34. The highest BCUT2D eigenvalue weighted by Crippen LogP contribution is 2.28. The largest absolute Gasteiger partial charge is 0.480 e. The Balaban J connectivity index is 1.80. The zero-order chi connectivity index (χ0) is 16.8. The van der Waals surface area contributed by atoms with Gasteiger partial charge in [0.2, 0.25) is 0 Å². The van der Waals surface area contributed by atoms with E-state index in [2.05, 4.69) is 12.2 Å². The topological polar surface area (TPSA) is 82.1 Å². The molecule has 3 atom stereocenters. The van der Waals surface area contributed by atoms with Crippen LogP contribution in [0.5, 0.6) is 0 Å². The minimum absolute atomic E-state index is 0.00969. The van der Waals surface area contributed by atoms with Gasteiger partial charge in [0, 0.05) is 25.7 Å². The van der Waals surface area contributed by atoms with Crippen LogP contribution in [-0.2, 0) is 9.53 Å². The van der Waals surface area contributed by atoms with Crippen LogP contribution in [0, 0.1) is 5.92 Å². The normalized spacial score (nSPS) is 28.1. The summed E-state index contributed by atoms with van der Waals surface area (Å²) in [5.74, 6) is -0.262. The zero-order valence-electron chi connectivity index (χ0n) is 14.2. The predicted octanol–water partition coefficient (Wildman–Crippen LogP) is 0.992. The summed E-state index contributed by atoms with van der Waals surface area (Å²) < 4.78 is 5.67. The third-order valence-corrected chi connectivity index (χ3v) is 4.84. The van der Waals surface area contributed by atoms with Gasteiger partial charge >= 0.3 is 12.0 Å². The number of urea groups is 1. The summed E-state index contributed by atoms with van der Waals surface area (Å²) in [4.78, 5) is 26.7. The molecule has 0 aromatic rings. The molecule has 132 valence electrons. The molecule has 1 aliphatic heterocycles. The minimum atomic E-state index is -0.857. The van der Waals surface area contributed by atoms with Gasteiger partial charge in [-0.25, -0.2) is 4.79 Å². The molecule has 0 bridgehead atoms. The van der Waals surface area contributed by atoms with Crippen molar-refractivity contribution in [3.63, 3.8) is 0 Å². The van der Waals surface area contributed by atoms with E-state index >= 15 is 0 Å². The summed E-state index contributed by atoms with van der Waals surface area (Å²) >= 11 is 0. The van der Waals surface area contributed by atoms with E-state index in [1.54, 1.807) is 16.8 Å². The number of hydrogen-bond donors (Lipinski definition) is 2. The Labute approximate surface area is 138 Å². The van der Waals surface area contributed by atoms with E-state index in [-0.39, 0.29) is 18.7 Å². The molecule has 23 heavy (non-hydrogen) atoms. The molecular weight excluding hydrogens is 298 g/mol. The number of amides is 2. The van der Waals surface area contributed by atoms with E-state index in [0.717, 1.165) is 12.8 Å². The summed E-state index contributed by atoms with van der Waals surface area (Å²) in [6.45, 7) is 4.27. The fourth-order valence-corrected chi connectivity index (χ4v) is 3.62. The predicted molar refractivity (Wildman–Crippen MR) is 86.4 cm³/mol. The lowest BCUT2D eigenvalue weighted by atomic mass is 10.0. The number of likely N-dealkylation sites (N-methyl/N-ethyl adjacent to an activating group) is 1. The number of aliphatic carboxylic acids is 1. The molecule has 2 rings (SSSR count). The maximum atomic E-state index is 12.5. The number of carbonyl (C=O) groups is 2. The molecule has 0 radical (unpaired) electrons. The van der Waals surface area contributed by atoms with Crippen molar-refractivity contribution in [3.05, 3.63) is 0 Å². The molecule has 0 spiro atoms. The van der Waals surface area contributed by atoms with Crippen LogP contribution >= 0.6 is 0 Å². The lowest BCUT2D eigenvalue weighted by Crippen LogP contribution is -2.54. The van der Waals surface area contributed by atoms with Gasteiger partial charge in [0.05, 0.1) is 19.3 Å². The number of carbonyl (C=O) groups excluding carboxylic acids is 1. The molecule has 0 aromatic carbocycles. The van der Waals surface area contributed by atoms with Crippen molar-refractivity contribution in [2.45, 2.75) is 44.8 Å². The van der Waals surface area contributed by atoms with Gasteiger partial charge in [-0.3, -0.25) is 9.69 Å². The third kappa shape index (κ3) is 5.35. The molecule has 2 N–H and O–H groups in total. The summed E-state index contributed by atoms with van der Waals surface area (Å²) in [6, 6.07) is 0.285. The highest BCUT2D eigenvalue weighted by molar-refractivity contribution is 5.74. The molecule has 1 saturated heterocycles. The summed E-state index contributed by atoms with van der Waals surface area (Å²) in [5, 5.41) is 12.0. The Bertz CT molecular complexity index is 418. The Kier molecular flexibility index (Phi) is 6.65. The van der Waals surface area contributed by atoms with E-state index in [4.69, 9.17) is 9.84 Å². The molecule has 0 aromatic heterocycles. The number of carboxylic acids is 1. The number of morpholine rings is 1. The average molecular weight is 327 g/mol. The fourth-order valence-electron chi connectivity index (χ4n) is 3.62. The number of rotatable bonds is 6. The smallest absolute Gasteiger partial charge is 0.317 e. The summed E-state index contributed by atoms with van der Waals surface area (Å²) in [7, 11) is 1.75. The first-order valence-corrected chi connectivity index (χ1v) is 8.57. The second kappa shape index (κ2) is 8.49. The summed E-state index contributed by atoms with van der Waals surface area (Å²) in [6.07, 6.45) is 4.43. The van der Waals surface area contributed by atoms with Crippen LogP contribution in [0.3, 0.4) is 0 Å². The van der Waals surface area contributed by atoms with E-state index < -0.39 is 5.97 Å². The van der Waals surface area contributed by atoms with Crippen molar-refractivity contribution >= 4 is 12.0 Å². The SMILES string of the molecule is CCC1CCCC1NC(=O)N1CCOC(CN(C)CC(=O)O)C1. The molecule has 1 heterocycles. The van der Waals surface area contributed by atoms with Crippen molar-refractivity contribution in [2.75, 3.05) is 39.8 Å². The lowest BCUT2D eigenvalue weighted by Gasteiger charge is -2.35. The number of carboxylic acid groups (broad SMARTS) is 1. The standard InChI is InChI=1S/C16H29N3O4/c1-3-12-5-4-6-14(12)17-16(22)19-7-8-23-13(10-19)9-18(2)11-15(20)21/h12-14H,3-11H2,1-2H3,(H,17,22)(H,20,21). The van der Waals surface area contributed by atoms with Gasteiger partial charge < -0.3 is 20.1 Å². The first kappa shape index (κ1) is 18.0. The quantitative estimate of drug-likeness (QED) is 0.760. The van der Waals surface area contributed by atoms with Crippen molar-refractivity contribution < 1.29 is 19.4 Å². The average Bonchev–Trinajstić information content (AvgIpc) is 2.93. The molecular formula is C16H29N3O4. The fraction of sp³-hybridized carbons (Fsp3) is 0.875. The molecule has 2 amide bonds. The Morgan fingerprint density at radius 2 is 2.17 bits per heavy atom. The van der Waals surface area contributed by atoms with Gasteiger partial charge in [-0.2, -0.15) is 0 Å². The van der Waals surface area contributed by atoms with Gasteiger partial charge in [0.25, 0.3) is 0 Å². The van der Waals surface area contributed by atoms with Crippen LogP contribution in [0.4, 0.5) is 4.79 Å². The van der Waals surface area contributed by atoms with Crippen LogP contribution in [0.1, 0.15) is 32.6 Å². The van der Waals surface area contributed by atoms with Crippen LogP contribution in [-0.4, -0.2) is 78.9 Å². The first-order chi connectivity index (χ1) is 11.0. The van der Waals surface area contributed by atoms with Gasteiger partial charge in [-0.1, -0.05) is 19.8 Å². The second-order valence-corrected chi connectivity index (χ2v) is 6.68. The van der Waals surface area contributed by atoms with Crippen molar-refractivity contribution in [3.8, 4) is 0 Å². The molecule has 7 heteroatoms. The van der Waals surface area contributed by atoms with Crippen LogP contribution in [0.2, 0.25) is 0 Å². The minimum Gasteiger partial charge on any atom is -0.480 e. The van der Waals surface area contributed by atoms with Gasteiger partial charge in [-0.15, -0.1) is 0 Å². The highest BCUT2D eigenvalue weighted by atomic mass is 16.5. The van der Waals surface area contributed by atoms with E-state index in [9.17, 15) is 9.59 Å². The first-order valence-electron chi connectivity index (χ1n) is 8.57. The Morgan fingerprint density at radius 1 is 1.39 bits per heavy atom. The maximum absolute atomic E-state index is 12.5. The molecule has 3 unspecified atom stereocenters. The third-order valence-electron chi connectivity index (χ3n) is 4.84. The van der Waals surface area contributed by atoms with E-state index in [0.29, 0.717) is 38.2 Å².